The van der Waals surface area contributed by atoms with Crippen molar-refractivity contribution in [2.24, 2.45) is 0 Å². The number of carboxylic acids is 1. The third-order valence-corrected chi connectivity index (χ3v) is 3.21. The average Bonchev–Trinajstić information content (AvgIpc) is 2.48. The molecule has 0 aliphatic heterocycles. The minimum Gasteiger partial charge on any atom is -0.497 e. The SMILES string of the molecule is CCc1ccc(Cc2ccc(OC)cc2C(=O)O)nc1. The molecule has 0 unspecified atom stereocenters. The van der Waals surface area contributed by atoms with Crippen molar-refractivity contribution in [2.45, 2.75) is 19.8 Å². The van der Waals surface area contributed by atoms with Crippen LogP contribution in [0.5, 0.6) is 5.75 Å². The molecule has 0 fully saturated rings. The highest BCUT2D eigenvalue weighted by molar-refractivity contribution is 5.90. The fourth-order valence-electron chi connectivity index (χ4n) is 2.00. The number of hydrogen-bond donors (Lipinski definition) is 1. The van der Waals surface area contributed by atoms with Gasteiger partial charge in [0.2, 0.25) is 0 Å². The van der Waals surface area contributed by atoms with Crippen LogP contribution in [0.25, 0.3) is 0 Å². The lowest BCUT2D eigenvalue weighted by molar-refractivity contribution is 0.0695. The minimum absolute atomic E-state index is 0.255. The van der Waals surface area contributed by atoms with Crippen LogP contribution in [-0.4, -0.2) is 23.2 Å². The number of aromatic nitrogens is 1. The van der Waals surface area contributed by atoms with Gasteiger partial charge in [-0.05, 0) is 35.7 Å². The highest BCUT2D eigenvalue weighted by atomic mass is 16.5. The second-order valence-electron chi connectivity index (χ2n) is 4.52. The highest BCUT2D eigenvalue weighted by Crippen LogP contribution is 2.20. The highest BCUT2D eigenvalue weighted by Gasteiger charge is 2.12. The summed E-state index contributed by atoms with van der Waals surface area (Å²) in [5, 5.41) is 9.27. The monoisotopic (exact) mass is 271 g/mol. The van der Waals surface area contributed by atoms with E-state index in [0.717, 1.165) is 17.7 Å². The molecule has 0 bridgehead atoms. The maximum absolute atomic E-state index is 11.3. The van der Waals surface area contributed by atoms with Gasteiger partial charge in [0.15, 0.2) is 0 Å². The summed E-state index contributed by atoms with van der Waals surface area (Å²) in [5.41, 5.74) is 3.01. The van der Waals surface area contributed by atoms with Gasteiger partial charge < -0.3 is 9.84 Å². The zero-order valence-corrected chi connectivity index (χ0v) is 11.6. The quantitative estimate of drug-likeness (QED) is 0.908. The molecule has 0 saturated heterocycles. The first-order valence-electron chi connectivity index (χ1n) is 6.48. The molecule has 2 aromatic rings. The van der Waals surface area contributed by atoms with Crippen molar-refractivity contribution < 1.29 is 14.6 Å². The fourth-order valence-corrected chi connectivity index (χ4v) is 2.00. The molecule has 20 heavy (non-hydrogen) atoms. The van der Waals surface area contributed by atoms with E-state index in [1.807, 2.05) is 18.3 Å². The molecule has 0 atom stereocenters. The van der Waals surface area contributed by atoms with Crippen molar-refractivity contribution >= 4 is 5.97 Å². The molecule has 1 aromatic carbocycles. The van der Waals surface area contributed by atoms with Crippen molar-refractivity contribution in [3.05, 3.63) is 58.9 Å². The number of methoxy groups -OCH3 is 1. The number of pyridine rings is 1. The Bertz CT molecular complexity index is 606. The van der Waals surface area contributed by atoms with E-state index < -0.39 is 5.97 Å². The van der Waals surface area contributed by atoms with Crippen molar-refractivity contribution in [1.82, 2.24) is 4.98 Å². The lowest BCUT2D eigenvalue weighted by Gasteiger charge is -2.08. The maximum atomic E-state index is 11.3. The van der Waals surface area contributed by atoms with Crippen LogP contribution < -0.4 is 4.74 Å². The summed E-state index contributed by atoms with van der Waals surface area (Å²) >= 11 is 0. The summed E-state index contributed by atoms with van der Waals surface area (Å²) in [7, 11) is 1.52. The Morgan fingerprint density at radius 3 is 2.65 bits per heavy atom. The Kier molecular flexibility index (Phi) is 4.35. The van der Waals surface area contributed by atoms with E-state index in [-0.39, 0.29) is 5.56 Å². The van der Waals surface area contributed by atoms with E-state index in [1.165, 1.54) is 18.7 Å². The number of carboxylic acid groups (broad SMARTS) is 1. The molecule has 0 saturated carbocycles. The number of hydrogen-bond acceptors (Lipinski definition) is 3. The van der Waals surface area contributed by atoms with E-state index >= 15 is 0 Å². The van der Waals surface area contributed by atoms with Crippen LogP contribution in [0.15, 0.2) is 36.5 Å². The molecule has 1 N–H and O–H groups in total. The van der Waals surface area contributed by atoms with Crippen LogP contribution in [0.4, 0.5) is 0 Å². The van der Waals surface area contributed by atoms with Gasteiger partial charge in [0.25, 0.3) is 0 Å². The minimum atomic E-state index is -0.955. The van der Waals surface area contributed by atoms with Crippen LogP contribution >= 0.6 is 0 Å². The molecule has 104 valence electrons. The van der Waals surface area contributed by atoms with E-state index in [2.05, 4.69) is 11.9 Å². The van der Waals surface area contributed by atoms with Gasteiger partial charge in [0.1, 0.15) is 5.75 Å². The molecule has 0 aliphatic rings. The third kappa shape index (κ3) is 3.15. The van der Waals surface area contributed by atoms with Gasteiger partial charge in [0.05, 0.1) is 12.7 Å². The van der Waals surface area contributed by atoms with Crippen LogP contribution in [0, 0.1) is 0 Å². The van der Waals surface area contributed by atoms with Gasteiger partial charge in [-0.3, -0.25) is 4.98 Å². The molecule has 0 radical (unpaired) electrons. The first kappa shape index (κ1) is 14.1. The lowest BCUT2D eigenvalue weighted by Crippen LogP contribution is -2.04. The first-order valence-corrected chi connectivity index (χ1v) is 6.48. The summed E-state index contributed by atoms with van der Waals surface area (Å²) in [6, 6.07) is 9.04. The largest absolute Gasteiger partial charge is 0.497 e. The lowest BCUT2D eigenvalue weighted by atomic mass is 10.0. The van der Waals surface area contributed by atoms with Gasteiger partial charge in [-0.25, -0.2) is 4.79 Å². The van der Waals surface area contributed by atoms with Gasteiger partial charge in [-0.15, -0.1) is 0 Å². The molecule has 2 rings (SSSR count). The number of ether oxygens (including phenoxy) is 1. The first-order chi connectivity index (χ1) is 9.63. The van der Waals surface area contributed by atoms with Crippen molar-refractivity contribution in [2.75, 3.05) is 7.11 Å². The van der Waals surface area contributed by atoms with E-state index in [0.29, 0.717) is 12.2 Å². The molecular formula is C16H17NO3. The molecule has 4 heteroatoms. The summed E-state index contributed by atoms with van der Waals surface area (Å²) in [6.45, 7) is 2.07. The molecule has 0 amide bonds. The smallest absolute Gasteiger partial charge is 0.336 e. The molecular weight excluding hydrogens is 254 g/mol. The molecule has 0 spiro atoms. The van der Waals surface area contributed by atoms with E-state index in [1.54, 1.807) is 12.1 Å². The normalized spacial score (nSPS) is 10.3. The van der Waals surface area contributed by atoms with Gasteiger partial charge in [-0.1, -0.05) is 19.1 Å². The third-order valence-electron chi connectivity index (χ3n) is 3.21. The molecule has 0 aliphatic carbocycles. The predicted molar refractivity (Wildman–Crippen MR) is 76.4 cm³/mol. The number of nitrogens with zero attached hydrogens (tertiary/aromatic N) is 1. The zero-order valence-electron chi connectivity index (χ0n) is 11.6. The van der Waals surface area contributed by atoms with Crippen molar-refractivity contribution in [3.8, 4) is 5.75 Å². The molecule has 1 heterocycles. The summed E-state index contributed by atoms with van der Waals surface area (Å²) in [6.07, 6.45) is 3.27. The van der Waals surface area contributed by atoms with Crippen LogP contribution in [0.2, 0.25) is 0 Å². The number of carbonyl (C=O) groups is 1. The zero-order chi connectivity index (χ0) is 14.5. The van der Waals surface area contributed by atoms with Crippen LogP contribution in [0.1, 0.15) is 34.1 Å². The Balaban J connectivity index is 2.29. The predicted octanol–water partition coefficient (Wildman–Crippen LogP) is 2.94. The Morgan fingerprint density at radius 1 is 1.30 bits per heavy atom. The number of benzene rings is 1. The molecule has 1 aromatic heterocycles. The Labute approximate surface area is 118 Å². The topological polar surface area (TPSA) is 59.4 Å². The molecule has 4 nitrogen and oxygen atoms in total. The van der Waals surface area contributed by atoms with Gasteiger partial charge in [0, 0.05) is 18.3 Å². The fraction of sp³-hybridized carbons (Fsp3) is 0.250. The van der Waals surface area contributed by atoms with Crippen molar-refractivity contribution in [1.29, 1.82) is 0 Å². The van der Waals surface area contributed by atoms with Crippen LogP contribution in [0.3, 0.4) is 0 Å². The maximum Gasteiger partial charge on any atom is 0.336 e. The summed E-state index contributed by atoms with van der Waals surface area (Å²) in [4.78, 5) is 15.7. The second kappa shape index (κ2) is 6.19. The standard InChI is InChI=1S/C16H17NO3/c1-3-11-4-6-13(17-10-11)8-12-5-7-14(20-2)9-15(12)16(18)19/h4-7,9-10H,3,8H2,1-2H3,(H,18,19). The summed E-state index contributed by atoms with van der Waals surface area (Å²) < 4.78 is 5.06. The number of aromatic carboxylic acids is 1. The summed E-state index contributed by atoms with van der Waals surface area (Å²) in [5.74, 6) is -0.412. The van der Waals surface area contributed by atoms with E-state index in [9.17, 15) is 9.90 Å². The second-order valence-corrected chi connectivity index (χ2v) is 4.52. The van der Waals surface area contributed by atoms with E-state index in [4.69, 9.17) is 4.74 Å². The number of aryl methyl sites for hydroxylation is 1. The average molecular weight is 271 g/mol. The van der Waals surface area contributed by atoms with Crippen molar-refractivity contribution in [3.63, 3.8) is 0 Å². The Hall–Kier alpha value is -2.36. The van der Waals surface area contributed by atoms with Gasteiger partial charge >= 0.3 is 5.97 Å². The Morgan fingerprint density at radius 2 is 2.10 bits per heavy atom. The van der Waals surface area contributed by atoms with Crippen LogP contribution in [-0.2, 0) is 12.8 Å². The van der Waals surface area contributed by atoms with Gasteiger partial charge in [-0.2, -0.15) is 0 Å². The number of rotatable bonds is 5.